The van der Waals surface area contributed by atoms with E-state index in [0.717, 1.165) is 16.8 Å². The molecular weight excluding hydrogens is 378 g/mol. The Bertz CT molecular complexity index is 1030. The zero-order valence-corrected chi connectivity index (χ0v) is 16.4. The normalized spacial score (nSPS) is 15.7. The molecule has 0 radical (unpaired) electrons. The van der Waals surface area contributed by atoms with Crippen LogP contribution in [-0.2, 0) is 4.79 Å². The summed E-state index contributed by atoms with van der Waals surface area (Å²) >= 11 is 6.33. The summed E-state index contributed by atoms with van der Waals surface area (Å²) in [6.45, 7) is 2.48. The standard InChI is InChI=1S/C21H20ClN3O3/c1-3-28-18-9-8-13(10-19(18)27-2)14-11-20(26)24-21-15(14)12-23-25(21)17-7-5-4-6-16(17)22/h4-10,12,14H,3,11H2,1-2H3,(H,24,26). The van der Waals surface area contributed by atoms with E-state index in [-0.39, 0.29) is 11.8 Å². The number of hydrogen-bond donors (Lipinski definition) is 1. The number of methoxy groups -OCH3 is 1. The minimum atomic E-state index is -0.135. The Balaban J connectivity index is 1.78. The molecule has 1 aliphatic rings. The van der Waals surface area contributed by atoms with Gasteiger partial charge in [0, 0.05) is 17.9 Å². The van der Waals surface area contributed by atoms with Crippen LogP contribution in [-0.4, -0.2) is 29.4 Å². The average Bonchev–Trinajstić information content (AvgIpc) is 3.12. The van der Waals surface area contributed by atoms with E-state index < -0.39 is 0 Å². The van der Waals surface area contributed by atoms with Crippen molar-refractivity contribution in [3.8, 4) is 17.2 Å². The van der Waals surface area contributed by atoms with E-state index in [1.165, 1.54) is 0 Å². The molecule has 1 aromatic heterocycles. The molecule has 2 aromatic carbocycles. The van der Waals surface area contributed by atoms with Crippen LogP contribution >= 0.6 is 11.6 Å². The van der Waals surface area contributed by atoms with Crippen LogP contribution in [0.15, 0.2) is 48.7 Å². The Labute approximate surface area is 168 Å². The number of carbonyl (C=O) groups is 1. The van der Waals surface area contributed by atoms with Gasteiger partial charge in [-0.1, -0.05) is 29.8 Å². The SMILES string of the molecule is CCOc1ccc(C2CC(=O)Nc3c2cnn3-c2ccccc2Cl)cc1OC. The van der Waals surface area contributed by atoms with Crippen molar-refractivity contribution in [2.45, 2.75) is 19.3 Å². The molecular formula is C21H20ClN3O3. The highest BCUT2D eigenvalue weighted by atomic mass is 35.5. The minimum absolute atomic E-state index is 0.0702. The highest BCUT2D eigenvalue weighted by Gasteiger charge is 2.31. The van der Waals surface area contributed by atoms with Crippen LogP contribution in [0.3, 0.4) is 0 Å². The fourth-order valence-electron chi connectivity index (χ4n) is 3.50. The van der Waals surface area contributed by atoms with E-state index in [9.17, 15) is 4.79 Å². The molecule has 1 unspecified atom stereocenters. The number of nitrogens with zero attached hydrogens (tertiary/aromatic N) is 2. The number of fused-ring (bicyclic) bond motifs is 1. The van der Waals surface area contributed by atoms with Crippen molar-refractivity contribution in [1.82, 2.24) is 9.78 Å². The van der Waals surface area contributed by atoms with Crippen molar-refractivity contribution in [3.05, 3.63) is 64.8 Å². The second kappa shape index (κ2) is 7.56. The monoisotopic (exact) mass is 397 g/mol. The van der Waals surface area contributed by atoms with Gasteiger partial charge in [-0.3, -0.25) is 4.79 Å². The van der Waals surface area contributed by atoms with Gasteiger partial charge >= 0.3 is 0 Å². The Morgan fingerprint density at radius 2 is 2.07 bits per heavy atom. The van der Waals surface area contributed by atoms with Crippen LogP contribution in [0.5, 0.6) is 11.5 Å². The van der Waals surface area contributed by atoms with Gasteiger partial charge in [0.1, 0.15) is 5.82 Å². The molecule has 2 heterocycles. The molecule has 0 spiro atoms. The van der Waals surface area contributed by atoms with E-state index >= 15 is 0 Å². The molecule has 144 valence electrons. The summed E-state index contributed by atoms with van der Waals surface area (Å²) in [5.41, 5.74) is 2.62. The lowest BCUT2D eigenvalue weighted by Crippen LogP contribution is -2.24. The molecule has 7 heteroatoms. The molecule has 1 amide bonds. The Kier molecular flexibility index (Phi) is 4.96. The highest BCUT2D eigenvalue weighted by molar-refractivity contribution is 6.32. The van der Waals surface area contributed by atoms with Gasteiger partial charge in [-0.2, -0.15) is 5.10 Å². The number of halogens is 1. The highest BCUT2D eigenvalue weighted by Crippen LogP contribution is 2.41. The molecule has 0 bridgehead atoms. The summed E-state index contributed by atoms with van der Waals surface area (Å²) in [7, 11) is 1.61. The van der Waals surface area contributed by atoms with Crippen LogP contribution in [0.2, 0.25) is 5.02 Å². The second-order valence-electron chi connectivity index (χ2n) is 6.46. The number of rotatable bonds is 5. The fourth-order valence-corrected chi connectivity index (χ4v) is 3.71. The number of amides is 1. The molecule has 4 rings (SSSR count). The summed E-state index contributed by atoms with van der Waals surface area (Å²) in [4.78, 5) is 12.5. The molecule has 0 fully saturated rings. The van der Waals surface area contributed by atoms with E-state index in [1.54, 1.807) is 24.1 Å². The van der Waals surface area contributed by atoms with Gasteiger partial charge < -0.3 is 14.8 Å². The maximum Gasteiger partial charge on any atom is 0.226 e. The third-order valence-corrected chi connectivity index (χ3v) is 5.11. The number of benzene rings is 2. The number of anilines is 1. The van der Waals surface area contributed by atoms with E-state index in [0.29, 0.717) is 35.4 Å². The first-order chi connectivity index (χ1) is 13.6. The average molecular weight is 398 g/mol. The molecule has 0 saturated heterocycles. The number of hydrogen-bond acceptors (Lipinski definition) is 4. The van der Waals surface area contributed by atoms with Gasteiger partial charge in [-0.25, -0.2) is 4.68 Å². The first-order valence-corrected chi connectivity index (χ1v) is 9.43. The molecule has 0 aliphatic carbocycles. The largest absolute Gasteiger partial charge is 0.493 e. The number of nitrogens with one attached hydrogen (secondary N) is 1. The van der Waals surface area contributed by atoms with Gasteiger partial charge in [-0.05, 0) is 36.8 Å². The van der Waals surface area contributed by atoms with Gasteiger partial charge in [0.15, 0.2) is 11.5 Å². The Hall–Kier alpha value is -2.99. The van der Waals surface area contributed by atoms with Crippen molar-refractivity contribution >= 4 is 23.3 Å². The quantitative estimate of drug-likeness (QED) is 0.692. The predicted octanol–water partition coefficient (Wildman–Crippen LogP) is 4.41. The van der Waals surface area contributed by atoms with Crippen molar-refractivity contribution in [1.29, 1.82) is 0 Å². The summed E-state index contributed by atoms with van der Waals surface area (Å²) < 4.78 is 12.7. The zero-order valence-electron chi connectivity index (χ0n) is 15.6. The molecule has 0 saturated carbocycles. The number of carbonyl (C=O) groups excluding carboxylic acids is 1. The maximum absolute atomic E-state index is 12.5. The smallest absolute Gasteiger partial charge is 0.226 e. The summed E-state index contributed by atoms with van der Waals surface area (Å²) in [5.74, 6) is 1.76. The van der Waals surface area contributed by atoms with Gasteiger partial charge in [0.25, 0.3) is 0 Å². The minimum Gasteiger partial charge on any atom is -0.493 e. The van der Waals surface area contributed by atoms with E-state index in [2.05, 4.69) is 10.4 Å². The maximum atomic E-state index is 12.5. The first kappa shape index (κ1) is 18.4. The number of ether oxygens (including phenoxy) is 2. The molecule has 1 atom stereocenters. The van der Waals surface area contributed by atoms with Gasteiger partial charge in [0.2, 0.25) is 5.91 Å². The Morgan fingerprint density at radius 3 is 2.82 bits per heavy atom. The van der Waals surface area contributed by atoms with Gasteiger partial charge in [-0.15, -0.1) is 0 Å². The summed E-state index contributed by atoms with van der Waals surface area (Å²) in [6, 6.07) is 13.2. The lowest BCUT2D eigenvalue weighted by Gasteiger charge is -2.24. The molecule has 6 nitrogen and oxygen atoms in total. The van der Waals surface area contributed by atoms with Crippen LogP contribution < -0.4 is 14.8 Å². The summed E-state index contributed by atoms with van der Waals surface area (Å²) in [6.07, 6.45) is 2.12. The molecule has 28 heavy (non-hydrogen) atoms. The van der Waals surface area contributed by atoms with E-state index in [4.69, 9.17) is 21.1 Å². The topological polar surface area (TPSA) is 65.4 Å². The lowest BCUT2D eigenvalue weighted by molar-refractivity contribution is -0.116. The fraction of sp³-hybridized carbons (Fsp3) is 0.238. The molecule has 1 N–H and O–H groups in total. The van der Waals surface area contributed by atoms with Crippen molar-refractivity contribution in [2.75, 3.05) is 19.0 Å². The molecule has 3 aromatic rings. The third-order valence-electron chi connectivity index (χ3n) is 4.79. The second-order valence-corrected chi connectivity index (χ2v) is 6.87. The van der Waals surface area contributed by atoms with Crippen LogP contribution in [0, 0.1) is 0 Å². The van der Waals surface area contributed by atoms with Crippen LogP contribution in [0.4, 0.5) is 5.82 Å². The molecule has 1 aliphatic heterocycles. The Morgan fingerprint density at radius 1 is 1.25 bits per heavy atom. The summed E-state index contributed by atoms with van der Waals surface area (Å²) in [5, 5.41) is 7.99. The van der Waals surface area contributed by atoms with Crippen LogP contribution in [0.1, 0.15) is 30.4 Å². The van der Waals surface area contributed by atoms with Crippen LogP contribution in [0.25, 0.3) is 5.69 Å². The van der Waals surface area contributed by atoms with Crippen molar-refractivity contribution in [2.24, 2.45) is 0 Å². The predicted molar refractivity (Wildman–Crippen MR) is 108 cm³/mol. The van der Waals surface area contributed by atoms with Crippen molar-refractivity contribution in [3.63, 3.8) is 0 Å². The van der Waals surface area contributed by atoms with Gasteiger partial charge in [0.05, 0.1) is 30.6 Å². The third kappa shape index (κ3) is 3.20. The zero-order chi connectivity index (χ0) is 19.7. The lowest BCUT2D eigenvalue weighted by atomic mass is 9.87. The van der Waals surface area contributed by atoms with Crippen molar-refractivity contribution < 1.29 is 14.3 Å². The number of aromatic nitrogens is 2. The number of para-hydroxylation sites is 1. The first-order valence-electron chi connectivity index (χ1n) is 9.05. The van der Waals surface area contributed by atoms with E-state index in [1.807, 2.05) is 43.3 Å².